The van der Waals surface area contributed by atoms with Crippen molar-refractivity contribution in [2.24, 2.45) is 4.99 Å². The number of fused-ring (bicyclic) bond motifs is 1. The van der Waals surface area contributed by atoms with Crippen LogP contribution >= 0.6 is 73.1 Å². The Balaban J connectivity index is 1.54. The van der Waals surface area contributed by atoms with Gasteiger partial charge in [0, 0.05) is 21.8 Å². The number of aromatic nitrogens is 1. The van der Waals surface area contributed by atoms with E-state index in [-0.39, 0.29) is 17.7 Å². The van der Waals surface area contributed by atoms with E-state index >= 15 is 0 Å². The minimum Gasteiger partial charge on any atom is -0.490 e. The number of hydrogen-bond donors (Lipinski definition) is 0. The smallest absolute Gasteiger partial charge is 0.337 e. The number of methoxy groups -OCH3 is 1. The average Bonchev–Trinajstić information content (AvgIpc) is 3.32. The summed E-state index contributed by atoms with van der Waals surface area (Å²) in [5.41, 5.74) is 2.16. The van der Waals surface area contributed by atoms with Crippen molar-refractivity contribution >= 4 is 85.1 Å². The minimum atomic E-state index is -0.784. The van der Waals surface area contributed by atoms with E-state index in [2.05, 4.69) is 43.5 Å². The quantitative estimate of drug-likeness (QED) is 0.126. The monoisotopic (exact) mass is 842 g/mol. The van der Waals surface area contributed by atoms with Gasteiger partial charge in [0.2, 0.25) is 0 Å². The normalized spacial score (nSPS) is 14.3. The van der Waals surface area contributed by atoms with E-state index in [1.165, 1.54) is 29.2 Å². The molecule has 0 saturated carbocycles. The van der Waals surface area contributed by atoms with Crippen molar-refractivity contribution in [3.8, 4) is 17.2 Å². The number of halogens is 4. The molecule has 2 heterocycles. The molecule has 4 aromatic rings. The zero-order chi connectivity index (χ0) is 32.2. The largest absolute Gasteiger partial charge is 0.490 e. The maximum Gasteiger partial charge on any atom is 0.337 e. The Hall–Kier alpha value is -2.84. The molecule has 0 radical (unpaired) electrons. The molecule has 1 aliphatic rings. The maximum absolute atomic E-state index is 14.0. The Bertz CT molecular complexity index is 1970. The lowest BCUT2D eigenvalue weighted by Crippen LogP contribution is -2.39. The molecule has 0 aliphatic carbocycles. The molecule has 0 saturated heterocycles. The van der Waals surface area contributed by atoms with Gasteiger partial charge in [-0.05, 0) is 106 Å². The number of hydrogen-bond acceptors (Lipinski definition) is 8. The summed E-state index contributed by atoms with van der Waals surface area (Å²) in [6.45, 7) is 4.89. The Labute approximate surface area is 295 Å². The molecule has 3 aromatic carbocycles. The molecule has 1 atom stereocenters. The lowest BCUT2D eigenvalue weighted by atomic mass is 9.97. The Morgan fingerprint density at radius 2 is 1.82 bits per heavy atom. The molecule has 8 nitrogen and oxygen atoms in total. The van der Waals surface area contributed by atoms with Crippen LogP contribution in [0.15, 0.2) is 74.6 Å². The first kappa shape index (κ1) is 33.5. The summed E-state index contributed by atoms with van der Waals surface area (Å²) in [6.07, 6.45) is 3.25. The molecule has 1 aliphatic heterocycles. The SMILES string of the molecule is CCOc1ccc([C@H]2C(C(=O)OC)=CN=c3s/c(=C\c4cc(Br)c(OCc5ccc(Cl)cc5Cl)c(I)c4)c(=O)n32)cc1OCC. The molecule has 234 valence electrons. The van der Waals surface area contributed by atoms with E-state index in [9.17, 15) is 9.59 Å². The number of thiazole rings is 1. The molecular formula is C32H26BrCl2IN2O6S. The van der Waals surface area contributed by atoms with Gasteiger partial charge in [0.05, 0.1) is 44.5 Å². The topological polar surface area (TPSA) is 88.4 Å². The molecule has 0 fully saturated rings. The molecule has 0 amide bonds. The van der Waals surface area contributed by atoms with Crippen LogP contribution in [0.2, 0.25) is 10.0 Å². The van der Waals surface area contributed by atoms with Gasteiger partial charge in [-0.3, -0.25) is 9.36 Å². The van der Waals surface area contributed by atoms with Crippen LogP contribution in [-0.2, 0) is 16.1 Å². The summed E-state index contributed by atoms with van der Waals surface area (Å²) in [5.74, 6) is 1.14. The number of nitrogens with zero attached hydrogens (tertiary/aromatic N) is 2. The zero-order valence-electron chi connectivity index (χ0n) is 24.2. The van der Waals surface area contributed by atoms with Gasteiger partial charge in [-0.2, -0.15) is 0 Å². The van der Waals surface area contributed by atoms with E-state index in [0.29, 0.717) is 59.9 Å². The highest BCUT2D eigenvalue weighted by molar-refractivity contribution is 14.1. The van der Waals surface area contributed by atoms with E-state index < -0.39 is 12.0 Å². The lowest BCUT2D eigenvalue weighted by molar-refractivity contribution is -0.136. The lowest BCUT2D eigenvalue weighted by Gasteiger charge is -2.23. The second-order valence-corrected chi connectivity index (χ2v) is 13.5. The third-order valence-electron chi connectivity index (χ3n) is 6.71. The van der Waals surface area contributed by atoms with Crippen LogP contribution in [0.4, 0.5) is 0 Å². The van der Waals surface area contributed by atoms with Gasteiger partial charge in [-0.1, -0.05) is 46.7 Å². The predicted molar refractivity (Wildman–Crippen MR) is 188 cm³/mol. The van der Waals surface area contributed by atoms with Crippen LogP contribution in [0, 0.1) is 3.57 Å². The molecule has 0 bridgehead atoms. The Morgan fingerprint density at radius 3 is 2.51 bits per heavy atom. The van der Waals surface area contributed by atoms with E-state index in [0.717, 1.165) is 14.7 Å². The van der Waals surface area contributed by atoms with Gasteiger partial charge in [0.25, 0.3) is 5.56 Å². The summed E-state index contributed by atoms with van der Waals surface area (Å²) in [7, 11) is 1.30. The first-order valence-electron chi connectivity index (χ1n) is 13.7. The third kappa shape index (κ3) is 7.27. The fraction of sp³-hybridized carbons (Fsp3) is 0.219. The zero-order valence-corrected chi connectivity index (χ0v) is 30.3. The van der Waals surface area contributed by atoms with Gasteiger partial charge in [0.15, 0.2) is 16.3 Å². The van der Waals surface area contributed by atoms with Crippen LogP contribution in [0.1, 0.15) is 36.6 Å². The minimum absolute atomic E-state index is 0.225. The van der Waals surface area contributed by atoms with Crippen LogP contribution in [0.3, 0.4) is 0 Å². The molecule has 13 heteroatoms. The van der Waals surface area contributed by atoms with Gasteiger partial charge in [-0.15, -0.1) is 0 Å². The summed E-state index contributed by atoms with van der Waals surface area (Å²) < 4.78 is 26.2. The number of rotatable bonds is 10. The van der Waals surface area contributed by atoms with E-state index in [4.69, 9.17) is 42.1 Å². The van der Waals surface area contributed by atoms with Crippen LogP contribution in [0.25, 0.3) is 6.08 Å². The third-order valence-corrected chi connectivity index (χ3v) is 9.69. The van der Waals surface area contributed by atoms with Crippen molar-refractivity contribution in [2.45, 2.75) is 26.5 Å². The molecular weight excluding hydrogens is 818 g/mol. The molecule has 0 spiro atoms. The first-order valence-corrected chi connectivity index (χ1v) is 17.1. The standard InChI is InChI=1S/C32H26BrCl2IN2O6S/c1-4-42-25-9-7-18(13-26(25)43-5-2)28-21(31(40)41-3)15-37-32-38(28)30(39)27(45-32)12-17-10-22(33)29(24(36)11-17)44-16-19-6-8-20(34)14-23(19)35/h6-15,28H,4-5,16H2,1-3H3/b27-12-/t28-/m0/s1. The predicted octanol–water partition coefficient (Wildman–Crippen LogP) is 7.07. The summed E-state index contributed by atoms with van der Waals surface area (Å²) in [5, 5.41) is 1.07. The fourth-order valence-electron chi connectivity index (χ4n) is 4.73. The van der Waals surface area contributed by atoms with E-state index in [1.54, 1.807) is 30.3 Å². The Morgan fingerprint density at radius 1 is 1.07 bits per heavy atom. The summed E-state index contributed by atoms with van der Waals surface area (Å²) in [4.78, 5) is 31.8. The first-order chi connectivity index (χ1) is 21.6. The maximum atomic E-state index is 14.0. The Kier molecular flexibility index (Phi) is 11.0. The van der Waals surface area contributed by atoms with Gasteiger partial charge < -0.3 is 18.9 Å². The van der Waals surface area contributed by atoms with Crippen molar-refractivity contribution in [2.75, 3.05) is 20.3 Å². The van der Waals surface area contributed by atoms with Crippen molar-refractivity contribution < 1.29 is 23.7 Å². The van der Waals surface area contributed by atoms with Crippen LogP contribution in [-0.4, -0.2) is 30.9 Å². The number of benzene rings is 3. The summed E-state index contributed by atoms with van der Waals surface area (Å²) in [6, 6.07) is 13.6. The number of ether oxygens (including phenoxy) is 4. The summed E-state index contributed by atoms with van der Waals surface area (Å²) >= 11 is 19.4. The molecule has 5 rings (SSSR count). The van der Waals surface area contributed by atoms with Crippen molar-refractivity contribution in [3.05, 3.63) is 115 Å². The van der Waals surface area contributed by atoms with Gasteiger partial charge in [-0.25, -0.2) is 9.79 Å². The van der Waals surface area contributed by atoms with E-state index in [1.807, 2.05) is 38.1 Å². The van der Waals surface area contributed by atoms with Crippen molar-refractivity contribution in [3.63, 3.8) is 0 Å². The van der Waals surface area contributed by atoms with Gasteiger partial charge >= 0.3 is 5.97 Å². The number of carbonyl (C=O) groups excluding carboxylic acids is 1. The molecule has 45 heavy (non-hydrogen) atoms. The average molecular weight is 844 g/mol. The molecule has 0 N–H and O–H groups in total. The second-order valence-electron chi connectivity index (χ2n) is 9.59. The molecule has 1 aromatic heterocycles. The number of esters is 1. The second kappa shape index (κ2) is 14.7. The van der Waals surface area contributed by atoms with Gasteiger partial charge in [0.1, 0.15) is 12.4 Å². The highest BCUT2D eigenvalue weighted by Gasteiger charge is 2.31. The van der Waals surface area contributed by atoms with Crippen molar-refractivity contribution in [1.29, 1.82) is 0 Å². The highest BCUT2D eigenvalue weighted by Crippen LogP contribution is 2.36. The van der Waals surface area contributed by atoms with Crippen molar-refractivity contribution in [1.82, 2.24) is 4.57 Å². The number of carbonyl (C=O) groups is 1. The highest BCUT2D eigenvalue weighted by atomic mass is 127. The van der Waals surface area contributed by atoms with Crippen LogP contribution < -0.4 is 29.1 Å². The van der Waals surface area contributed by atoms with Crippen LogP contribution in [0.5, 0.6) is 17.2 Å². The molecule has 0 unspecified atom stereocenters. The fourth-order valence-corrected chi connectivity index (χ4v) is 7.93.